The fraction of sp³-hybridized carbons (Fsp3) is 0.269. The monoisotopic (exact) mass is 530 g/mol. The third-order valence-corrected chi connectivity index (χ3v) is 7.04. The first-order chi connectivity index (χ1) is 17.6. The smallest absolute Gasteiger partial charge is 0.381 e. The lowest BCUT2D eigenvalue weighted by Gasteiger charge is -2.38. The maximum absolute atomic E-state index is 14.2. The standard InChI is InChI=1S/C26H22ClF3N4O3/c1-15-13-16(7-8-18(15)27)19-14-34-22(24(36)31-19)20(26(28,29)30)21(33-34)23(35)32-25(9-11-37-12-10-25)17-5-3-2-4-6-17/h2-8,13-14H,9-12H2,1H3,(H,31,36)(H,32,35). The van der Waals surface area contributed by atoms with Crippen molar-refractivity contribution in [3.63, 3.8) is 0 Å². The Morgan fingerprint density at radius 1 is 1.16 bits per heavy atom. The van der Waals surface area contributed by atoms with Crippen LogP contribution in [0.1, 0.15) is 40.0 Å². The average molecular weight is 531 g/mol. The van der Waals surface area contributed by atoms with Crippen LogP contribution in [0.5, 0.6) is 0 Å². The van der Waals surface area contributed by atoms with Crippen molar-refractivity contribution in [2.45, 2.75) is 31.5 Å². The maximum Gasteiger partial charge on any atom is 0.421 e. The second kappa shape index (κ2) is 9.35. The van der Waals surface area contributed by atoms with Crippen LogP contribution in [0, 0.1) is 6.92 Å². The highest BCUT2D eigenvalue weighted by Crippen LogP contribution is 2.37. The molecule has 192 valence electrons. The number of amides is 1. The van der Waals surface area contributed by atoms with Crippen molar-refractivity contribution >= 4 is 23.0 Å². The number of aromatic nitrogens is 3. The van der Waals surface area contributed by atoms with Crippen LogP contribution in [0.3, 0.4) is 0 Å². The van der Waals surface area contributed by atoms with Crippen LogP contribution in [0.4, 0.5) is 13.2 Å². The van der Waals surface area contributed by atoms with E-state index in [0.717, 1.165) is 15.6 Å². The predicted molar refractivity (Wildman–Crippen MR) is 132 cm³/mol. The SMILES string of the molecule is Cc1cc(-c2cn3nc(C(=O)NC4(c5ccccc5)CCOCC4)c(C(F)(F)F)c3c(=O)[nH]2)ccc1Cl. The number of rotatable bonds is 4. The molecule has 1 amide bonds. The largest absolute Gasteiger partial charge is 0.421 e. The van der Waals surface area contributed by atoms with Crippen LogP contribution in [0.15, 0.2) is 59.5 Å². The van der Waals surface area contributed by atoms with E-state index in [2.05, 4.69) is 15.4 Å². The van der Waals surface area contributed by atoms with E-state index in [-0.39, 0.29) is 5.69 Å². The molecule has 5 rings (SSSR count). The van der Waals surface area contributed by atoms with Gasteiger partial charge in [0.05, 0.1) is 17.4 Å². The molecule has 0 saturated carbocycles. The molecule has 3 heterocycles. The minimum absolute atomic E-state index is 0.227. The number of aryl methyl sites for hydroxylation is 1. The lowest BCUT2D eigenvalue weighted by Crippen LogP contribution is -2.49. The van der Waals surface area contributed by atoms with Gasteiger partial charge in [-0.15, -0.1) is 0 Å². The summed E-state index contributed by atoms with van der Waals surface area (Å²) in [6.45, 7) is 2.42. The van der Waals surface area contributed by atoms with E-state index in [1.807, 2.05) is 18.2 Å². The fourth-order valence-electron chi connectivity index (χ4n) is 4.71. The molecule has 1 fully saturated rings. The molecule has 2 aromatic carbocycles. The normalized spacial score (nSPS) is 15.6. The van der Waals surface area contributed by atoms with Gasteiger partial charge in [-0.2, -0.15) is 18.3 Å². The van der Waals surface area contributed by atoms with E-state index in [4.69, 9.17) is 16.3 Å². The Kier molecular flexibility index (Phi) is 6.33. The van der Waals surface area contributed by atoms with Gasteiger partial charge in [-0.3, -0.25) is 9.59 Å². The summed E-state index contributed by atoms with van der Waals surface area (Å²) < 4.78 is 49.0. The molecule has 2 aromatic heterocycles. The lowest BCUT2D eigenvalue weighted by molar-refractivity contribution is -0.136. The Bertz CT molecular complexity index is 1540. The van der Waals surface area contributed by atoms with E-state index in [1.54, 1.807) is 37.3 Å². The minimum atomic E-state index is -5.00. The molecule has 37 heavy (non-hydrogen) atoms. The zero-order valence-electron chi connectivity index (χ0n) is 19.7. The van der Waals surface area contributed by atoms with Gasteiger partial charge in [-0.1, -0.05) is 48.0 Å². The third-order valence-electron chi connectivity index (χ3n) is 6.62. The summed E-state index contributed by atoms with van der Waals surface area (Å²) in [5.41, 5.74) is -2.74. The summed E-state index contributed by atoms with van der Waals surface area (Å²) in [6.07, 6.45) is -3.00. The topological polar surface area (TPSA) is 88.5 Å². The number of ether oxygens (including phenoxy) is 1. The Hall–Kier alpha value is -3.63. The van der Waals surface area contributed by atoms with E-state index in [9.17, 15) is 22.8 Å². The first-order valence-corrected chi connectivity index (χ1v) is 11.9. The summed E-state index contributed by atoms with van der Waals surface area (Å²) >= 11 is 6.07. The van der Waals surface area contributed by atoms with Crippen molar-refractivity contribution in [2.24, 2.45) is 0 Å². The maximum atomic E-state index is 14.2. The van der Waals surface area contributed by atoms with Crippen molar-refractivity contribution in [3.05, 3.63) is 92.5 Å². The number of aromatic amines is 1. The summed E-state index contributed by atoms with van der Waals surface area (Å²) in [5.74, 6) is -1.02. The molecule has 0 unspecified atom stereocenters. The van der Waals surface area contributed by atoms with Crippen LogP contribution in [0.25, 0.3) is 16.8 Å². The third kappa shape index (κ3) is 4.62. The molecular weight excluding hydrogens is 509 g/mol. The number of carbonyl (C=O) groups is 1. The summed E-state index contributed by atoms with van der Waals surface area (Å²) in [6, 6.07) is 14.0. The molecule has 0 bridgehead atoms. The molecule has 7 nitrogen and oxygen atoms in total. The van der Waals surface area contributed by atoms with Crippen molar-refractivity contribution in [1.82, 2.24) is 19.9 Å². The summed E-state index contributed by atoms with van der Waals surface area (Å²) in [4.78, 5) is 28.8. The van der Waals surface area contributed by atoms with E-state index < -0.39 is 40.0 Å². The van der Waals surface area contributed by atoms with Crippen LogP contribution < -0.4 is 10.9 Å². The number of fused-ring (bicyclic) bond motifs is 1. The van der Waals surface area contributed by atoms with Gasteiger partial charge in [0.1, 0.15) is 11.1 Å². The number of H-pyrrole nitrogens is 1. The molecule has 1 saturated heterocycles. The van der Waals surface area contributed by atoms with Crippen LogP contribution in [-0.2, 0) is 16.5 Å². The minimum Gasteiger partial charge on any atom is -0.381 e. The van der Waals surface area contributed by atoms with Gasteiger partial charge in [-0.25, -0.2) is 4.52 Å². The Labute approximate surface area is 214 Å². The quantitative estimate of drug-likeness (QED) is 0.384. The Morgan fingerprint density at radius 3 is 2.51 bits per heavy atom. The van der Waals surface area contributed by atoms with Gasteiger partial charge in [0.15, 0.2) is 5.69 Å². The molecule has 0 radical (unpaired) electrons. The van der Waals surface area contributed by atoms with Gasteiger partial charge >= 0.3 is 6.18 Å². The number of benzene rings is 2. The Balaban J connectivity index is 1.63. The van der Waals surface area contributed by atoms with Gasteiger partial charge in [0, 0.05) is 18.2 Å². The van der Waals surface area contributed by atoms with E-state index >= 15 is 0 Å². The second-order valence-electron chi connectivity index (χ2n) is 8.99. The highest BCUT2D eigenvalue weighted by Gasteiger charge is 2.44. The molecule has 1 aliphatic rings. The first-order valence-electron chi connectivity index (χ1n) is 11.5. The molecule has 4 aromatic rings. The van der Waals surface area contributed by atoms with Gasteiger partial charge in [0.25, 0.3) is 11.5 Å². The number of nitrogens with zero attached hydrogens (tertiary/aromatic N) is 2. The molecular formula is C26H22ClF3N4O3. The molecule has 0 spiro atoms. The zero-order valence-corrected chi connectivity index (χ0v) is 20.4. The Morgan fingerprint density at radius 2 is 1.86 bits per heavy atom. The average Bonchev–Trinajstić information content (AvgIpc) is 3.28. The second-order valence-corrected chi connectivity index (χ2v) is 9.40. The number of carbonyl (C=O) groups excluding carboxylic acids is 1. The summed E-state index contributed by atoms with van der Waals surface area (Å²) in [5, 5.41) is 7.26. The first kappa shape index (κ1) is 25.0. The number of halogens is 4. The molecule has 1 aliphatic heterocycles. The van der Waals surface area contributed by atoms with Gasteiger partial charge in [0.2, 0.25) is 0 Å². The van der Waals surface area contributed by atoms with Crippen molar-refractivity contribution in [1.29, 1.82) is 0 Å². The number of hydrogen-bond acceptors (Lipinski definition) is 4. The molecule has 0 aliphatic carbocycles. The van der Waals surface area contributed by atoms with Crippen LogP contribution in [0.2, 0.25) is 5.02 Å². The lowest BCUT2D eigenvalue weighted by atomic mass is 9.82. The molecule has 0 atom stereocenters. The molecule has 2 N–H and O–H groups in total. The number of hydrogen-bond donors (Lipinski definition) is 2. The van der Waals surface area contributed by atoms with Gasteiger partial charge in [-0.05, 0) is 48.6 Å². The summed E-state index contributed by atoms with van der Waals surface area (Å²) in [7, 11) is 0. The number of alkyl halides is 3. The van der Waals surface area contributed by atoms with Gasteiger partial charge < -0.3 is 15.0 Å². The highest BCUT2D eigenvalue weighted by atomic mass is 35.5. The zero-order chi connectivity index (χ0) is 26.4. The number of nitrogens with one attached hydrogen (secondary N) is 2. The van der Waals surface area contributed by atoms with Crippen LogP contribution in [-0.4, -0.2) is 33.7 Å². The predicted octanol–water partition coefficient (Wildman–Crippen LogP) is 5.11. The molecule has 11 heteroatoms. The van der Waals surface area contributed by atoms with E-state index in [0.29, 0.717) is 36.6 Å². The fourth-order valence-corrected chi connectivity index (χ4v) is 4.82. The van der Waals surface area contributed by atoms with Crippen molar-refractivity contribution < 1.29 is 22.7 Å². The highest BCUT2D eigenvalue weighted by molar-refractivity contribution is 6.31. The van der Waals surface area contributed by atoms with Crippen LogP contribution >= 0.6 is 11.6 Å². The van der Waals surface area contributed by atoms with Crippen molar-refractivity contribution in [3.8, 4) is 11.3 Å². The van der Waals surface area contributed by atoms with Crippen molar-refractivity contribution in [2.75, 3.05) is 13.2 Å². The van der Waals surface area contributed by atoms with E-state index in [1.165, 1.54) is 6.20 Å².